The molecule has 1 aliphatic carbocycles. The molecule has 1 unspecified atom stereocenters. The van der Waals surface area contributed by atoms with Crippen molar-refractivity contribution in [2.45, 2.75) is 50.6 Å². The van der Waals surface area contributed by atoms with Crippen LogP contribution in [0.1, 0.15) is 44.6 Å². The Balaban J connectivity index is 1.98. The van der Waals surface area contributed by atoms with E-state index < -0.39 is 5.54 Å². The lowest BCUT2D eigenvalue weighted by Gasteiger charge is -2.33. The van der Waals surface area contributed by atoms with E-state index in [1.165, 1.54) is 25.7 Å². The molecule has 20 heavy (non-hydrogen) atoms. The molecule has 1 aromatic carbocycles. The van der Waals surface area contributed by atoms with Gasteiger partial charge in [-0.3, -0.25) is 0 Å². The topological polar surface area (TPSA) is 49.5 Å². The van der Waals surface area contributed by atoms with Crippen LogP contribution in [0.2, 0.25) is 0 Å². The first-order chi connectivity index (χ1) is 9.69. The third kappa shape index (κ3) is 3.60. The molecule has 2 rings (SSSR count). The molecule has 112 valence electrons. The first-order valence-electron chi connectivity index (χ1n) is 7.89. The smallest absolute Gasteiger partial charge is 0.0656 e. The fraction of sp³-hybridized carbons (Fsp3) is 0.647. The van der Waals surface area contributed by atoms with E-state index in [9.17, 15) is 5.11 Å². The maximum absolute atomic E-state index is 9.75. The van der Waals surface area contributed by atoms with Gasteiger partial charge >= 0.3 is 0 Å². The molecule has 3 nitrogen and oxygen atoms in total. The van der Waals surface area contributed by atoms with E-state index in [4.69, 9.17) is 5.73 Å². The van der Waals surface area contributed by atoms with Crippen molar-refractivity contribution in [2.24, 2.45) is 5.73 Å². The Hall–Kier alpha value is -0.900. The van der Waals surface area contributed by atoms with Crippen LogP contribution in [0.25, 0.3) is 0 Å². The van der Waals surface area contributed by atoms with Crippen molar-refractivity contribution in [3.05, 3.63) is 35.9 Å². The third-order valence-corrected chi connectivity index (χ3v) is 4.72. The van der Waals surface area contributed by atoms with E-state index in [1.807, 2.05) is 30.3 Å². The van der Waals surface area contributed by atoms with Crippen molar-refractivity contribution in [3.63, 3.8) is 0 Å². The van der Waals surface area contributed by atoms with Gasteiger partial charge in [-0.15, -0.1) is 0 Å². The molecule has 3 N–H and O–H groups in total. The molecule has 0 aromatic heterocycles. The van der Waals surface area contributed by atoms with Crippen molar-refractivity contribution >= 4 is 0 Å². The zero-order valence-electron chi connectivity index (χ0n) is 12.6. The van der Waals surface area contributed by atoms with Crippen LogP contribution in [-0.4, -0.2) is 35.7 Å². The summed E-state index contributed by atoms with van der Waals surface area (Å²) < 4.78 is 0. The Kier molecular flexibility index (Phi) is 5.58. The van der Waals surface area contributed by atoms with Gasteiger partial charge in [-0.05, 0) is 31.4 Å². The number of nitrogens with two attached hydrogens (primary N) is 1. The fourth-order valence-electron chi connectivity index (χ4n) is 3.30. The van der Waals surface area contributed by atoms with Gasteiger partial charge in [0.15, 0.2) is 0 Å². The highest BCUT2D eigenvalue weighted by Crippen LogP contribution is 2.26. The fourth-order valence-corrected chi connectivity index (χ4v) is 3.30. The summed E-state index contributed by atoms with van der Waals surface area (Å²) in [5.74, 6) is 0. The lowest BCUT2D eigenvalue weighted by Crippen LogP contribution is -2.45. The monoisotopic (exact) mass is 276 g/mol. The predicted octanol–water partition coefficient (Wildman–Crippen LogP) is 2.49. The molecule has 0 spiro atoms. The number of rotatable bonds is 7. The summed E-state index contributed by atoms with van der Waals surface area (Å²) in [6, 6.07) is 10.7. The first kappa shape index (κ1) is 15.5. The van der Waals surface area contributed by atoms with Gasteiger partial charge in [-0.25, -0.2) is 0 Å². The minimum atomic E-state index is -0.618. The van der Waals surface area contributed by atoms with Crippen molar-refractivity contribution in [1.29, 1.82) is 0 Å². The van der Waals surface area contributed by atoms with Gasteiger partial charge in [0.1, 0.15) is 0 Å². The highest BCUT2D eigenvalue weighted by atomic mass is 16.3. The molecule has 0 bridgehead atoms. The number of benzene rings is 1. The van der Waals surface area contributed by atoms with Crippen LogP contribution in [0.15, 0.2) is 30.3 Å². The predicted molar refractivity (Wildman–Crippen MR) is 83.5 cm³/mol. The van der Waals surface area contributed by atoms with Gasteiger partial charge in [0.05, 0.1) is 12.1 Å². The Morgan fingerprint density at radius 2 is 1.90 bits per heavy atom. The second-order valence-corrected chi connectivity index (χ2v) is 6.00. The van der Waals surface area contributed by atoms with E-state index in [2.05, 4.69) is 11.8 Å². The molecular weight excluding hydrogens is 248 g/mol. The van der Waals surface area contributed by atoms with Crippen LogP contribution in [0.4, 0.5) is 0 Å². The number of nitrogens with zero attached hydrogens (tertiary/aromatic N) is 1. The molecular formula is C17H28N2O. The summed E-state index contributed by atoms with van der Waals surface area (Å²) in [5, 5.41) is 9.75. The maximum atomic E-state index is 9.75. The standard InChI is InChI=1S/C17H28N2O/c1-2-19(16-10-6-7-11-16)13-12-17(18,14-20)15-8-4-3-5-9-15/h3-5,8-9,16,20H,2,6-7,10-14,18H2,1H3. The van der Waals surface area contributed by atoms with Crippen LogP contribution in [-0.2, 0) is 5.54 Å². The van der Waals surface area contributed by atoms with Crippen LogP contribution in [0, 0.1) is 0 Å². The van der Waals surface area contributed by atoms with E-state index in [1.54, 1.807) is 0 Å². The largest absolute Gasteiger partial charge is 0.394 e. The summed E-state index contributed by atoms with van der Waals surface area (Å²) in [4.78, 5) is 2.53. The van der Waals surface area contributed by atoms with Crippen LogP contribution in [0.3, 0.4) is 0 Å². The molecule has 3 heteroatoms. The molecule has 1 atom stereocenters. The number of hydrogen-bond donors (Lipinski definition) is 2. The molecule has 1 aliphatic rings. The van der Waals surface area contributed by atoms with E-state index in [-0.39, 0.29) is 6.61 Å². The molecule has 0 amide bonds. The van der Waals surface area contributed by atoms with E-state index in [0.29, 0.717) is 0 Å². The number of hydrogen-bond acceptors (Lipinski definition) is 3. The molecule has 0 aliphatic heterocycles. The second-order valence-electron chi connectivity index (χ2n) is 6.00. The zero-order chi connectivity index (χ0) is 14.4. The minimum Gasteiger partial charge on any atom is -0.394 e. The van der Waals surface area contributed by atoms with Crippen LogP contribution >= 0.6 is 0 Å². The van der Waals surface area contributed by atoms with Crippen molar-refractivity contribution in [1.82, 2.24) is 4.90 Å². The van der Waals surface area contributed by atoms with Crippen molar-refractivity contribution in [3.8, 4) is 0 Å². The SMILES string of the molecule is CCN(CCC(N)(CO)c1ccccc1)C1CCCC1. The van der Waals surface area contributed by atoms with Gasteiger partial charge in [0.25, 0.3) is 0 Å². The lowest BCUT2D eigenvalue weighted by atomic mass is 9.88. The number of aliphatic hydroxyl groups excluding tert-OH is 1. The average molecular weight is 276 g/mol. The molecule has 1 fully saturated rings. The summed E-state index contributed by atoms with van der Waals surface area (Å²) in [6.07, 6.45) is 6.14. The lowest BCUT2D eigenvalue weighted by molar-refractivity contribution is 0.145. The summed E-state index contributed by atoms with van der Waals surface area (Å²) in [7, 11) is 0. The molecule has 0 saturated heterocycles. The molecule has 1 saturated carbocycles. The van der Waals surface area contributed by atoms with Gasteiger partial charge in [-0.2, -0.15) is 0 Å². The van der Waals surface area contributed by atoms with Gasteiger partial charge in [0, 0.05) is 12.6 Å². The third-order valence-electron chi connectivity index (χ3n) is 4.72. The summed E-state index contributed by atoms with van der Waals surface area (Å²) >= 11 is 0. The molecule has 0 radical (unpaired) electrons. The Labute approximate surface area is 122 Å². The second kappa shape index (κ2) is 7.21. The Morgan fingerprint density at radius 3 is 2.45 bits per heavy atom. The highest BCUT2D eigenvalue weighted by Gasteiger charge is 2.29. The summed E-state index contributed by atoms with van der Waals surface area (Å²) in [5.41, 5.74) is 6.86. The number of aliphatic hydroxyl groups is 1. The average Bonchev–Trinajstić information content (AvgIpc) is 3.03. The molecule has 0 heterocycles. The Bertz CT molecular complexity index is 389. The van der Waals surface area contributed by atoms with Crippen molar-refractivity contribution in [2.75, 3.05) is 19.7 Å². The first-order valence-corrected chi connectivity index (χ1v) is 7.89. The van der Waals surface area contributed by atoms with E-state index in [0.717, 1.165) is 31.1 Å². The summed E-state index contributed by atoms with van der Waals surface area (Å²) in [6.45, 7) is 4.26. The van der Waals surface area contributed by atoms with E-state index >= 15 is 0 Å². The zero-order valence-corrected chi connectivity index (χ0v) is 12.6. The highest BCUT2D eigenvalue weighted by molar-refractivity contribution is 5.24. The van der Waals surface area contributed by atoms with Gasteiger partial charge in [0.2, 0.25) is 0 Å². The molecule has 1 aromatic rings. The van der Waals surface area contributed by atoms with Crippen molar-refractivity contribution < 1.29 is 5.11 Å². The maximum Gasteiger partial charge on any atom is 0.0656 e. The van der Waals surface area contributed by atoms with Crippen LogP contribution < -0.4 is 5.73 Å². The Morgan fingerprint density at radius 1 is 1.25 bits per heavy atom. The van der Waals surface area contributed by atoms with Crippen LogP contribution in [0.5, 0.6) is 0 Å². The van der Waals surface area contributed by atoms with Gasteiger partial charge < -0.3 is 15.7 Å². The normalized spacial score (nSPS) is 19.4. The minimum absolute atomic E-state index is 0.000760. The quantitative estimate of drug-likeness (QED) is 0.804. The van der Waals surface area contributed by atoms with Gasteiger partial charge in [-0.1, -0.05) is 50.1 Å².